The second-order valence-corrected chi connectivity index (χ2v) is 7.36. The number of nitrogens with zero attached hydrogens (tertiary/aromatic N) is 3. The minimum absolute atomic E-state index is 0.0946. The number of nitrogens with one attached hydrogen (secondary N) is 1. The molecule has 2 aromatic rings. The summed E-state index contributed by atoms with van der Waals surface area (Å²) in [4.78, 5) is 36.2. The highest BCUT2D eigenvalue weighted by atomic mass is 32.1. The van der Waals surface area contributed by atoms with Gasteiger partial charge in [-0.1, -0.05) is 6.92 Å². The predicted molar refractivity (Wildman–Crippen MR) is 98.4 cm³/mol. The largest absolute Gasteiger partial charge is 0.369 e. The van der Waals surface area contributed by atoms with Crippen LogP contribution in [0.15, 0.2) is 12.4 Å². The van der Waals surface area contributed by atoms with E-state index in [9.17, 15) is 9.59 Å². The molecule has 1 fully saturated rings. The Balaban J connectivity index is 1.52. The number of primary amides is 1. The van der Waals surface area contributed by atoms with E-state index in [0.29, 0.717) is 38.9 Å². The molecule has 8 heteroatoms. The van der Waals surface area contributed by atoms with Gasteiger partial charge in [-0.25, -0.2) is 9.97 Å². The predicted octanol–water partition coefficient (Wildman–Crippen LogP) is 1.78. The topological polar surface area (TPSA) is 101 Å². The number of piperidine rings is 1. The molecule has 0 aromatic carbocycles. The van der Waals surface area contributed by atoms with Gasteiger partial charge in [0.1, 0.15) is 17.0 Å². The summed E-state index contributed by atoms with van der Waals surface area (Å²) in [7, 11) is 0. The Hall–Kier alpha value is -2.22. The monoisotopic (exact) mass is 361 g/mol. The number of aromatic nitrogens is 2. The van der Waals surface area contributed by atoms with Gasteiger partial charge < -0.3 is 16.0 Å². The van der Waals surface area contributed by atoms with Gasteiger partial charge in [-0.2, -0.15) is 0 Å². The van der Waals surface area contributed by atoms with Crippen molar-refractivity contribution in [2.24, 2.45) is 11.7 Å². The Morgan fingerprint density at radius 2 is 2.12 bits per heavy atom. The van der Waals surface area contributed by atoms with Crippen molar-refractivity contribution in [2.45, 2.75) is 32.6 Å². The summed E-state index contributed by atoms with van der Waals surface area (Å²) in [5, 5.41) is 4.27. The smallest absolute Gasteiger partial charge is 0.224 e. The maximum atomic E-state index is 12.3. The first-order valence-corrected chi connectivity index (χ1v) is 9.44. The molecule has 3 heterocycles. The SMILES string of the molecule is CCc1cc2c(NCCC(=O)N3CCC(C(N)=O)CC3)ncnc2s1. The van der Waals surface area contributed by atoms with Gasteiger partial charge in [-0.05, 0) is 25.3 Å². The van der Waals surface area contributed by atoms with Crippen LogP contribution in [0.5, 0.6) is 0 Å². The lowest BCUT2D eigenvalue weighted by Crippen LogP contribution is -2.42. The molecule has 1 saturated heterocycles. The van der Waals surface area contributed by atoms with Crippen molar-refractivity contribution in [2.75, 3.05) is 25.0 Å². The van der Waals surface area contributed by atoms with Crippen LogP contribution in [0.4, 0.5) is 5.82 Å². The summed E-state index contributed by atoms with van der Waals surface area (Å²) in [5.74, 6) is 0.521. The number of nitrogens with two attached hydrogens (primary N) is 1. The van der Waals surface area contributed by atoms with Crippen LogP contribution in [-0.4, -0.2) is 46.3 Å². The van der Waals surface area contributed by atoms with E-state index in [1.54, 1.807) is 17.7 Å². The number of thiophene rings is 1. The fourth-order valence-electron chi connectivity index (χ4n) is 3.08. The van der Waals surface area contributed by atoms with Crippen molar-refractivity contribution < 1.29 is 9.59 Å². The Morgan fingerprint density at radius 3 is 2.80 bits per heavy atom. The number of hydrogen-bond donors (Lipinski definition) is 2. The number of anilines is 1. The van der Waals surface area contributed by atoms with Gasteiger partial charge in [0.2, 0.25) is 11.8 Å². The standard InChI is InChI=1S/C17H23N5O2S/c1-2-12-9-13-16(20-10-21-17(13)25-12)19-6-3-14(23)22-7-4-11(5-8-22)15(18)24/h9-11H,2-8H2,1H3,(H2,18,24)(H,19,20,21). The number of carbonyl (C=O) groups excluding carboxylic acids is 2. The maximum absolute atomic E-state index is 12.3. The molecule has 3 rings (SSSR count). The van der Waals surface area contributed by atoms with Gasteiger partial charge in [0, 0.05) is 36.9 Å². The van der Waals surface area contributed by atoms with Crippen LogP contribution in [0.25, 0.3) is 10.2 Å². The fourth-order valence-corrected chi connectivity index (χ4v) is 4.01. The second kappa shape index (κ2) is 7.77. The van der Waals surface area contributed by atoms with Crippen LogP contribution < -0.4 is 11.1 Å². The van der Waals surface area contributed by atoms with E-state index >= 15 is 0 Å². The molecule has 2 aromatic heterocycles. The number of rotatable bonds is 6. The number of carbonyl (C=O) groups is 2. The van der Waals surface area contributed by atoms with Gasteiger partial charge in [0.05, 0.1) is 5.39 Å². The molecule has 1 aliphatic rings. The maximum Gasteiger partial charge on any atom is 0.224 e. The Kier molecular flexibility index (Phi) is 5.47. The average Bonchev–Trinajstić information content (AvgIpc) is 3.06. The second-order valence-electron chi connectivity index (χ2n) is 6.24. The third-order valence-corrected chi connectivity index (χ3v) is 5.80. The van der Waals surface area contributed by atoms with Crippen LogP contribution >= 0.6 is 11.3 Å². The molecule has 0 aliphatic carbocycles. The summed E-state index contributed by atoms with van der Waals surface area (Å²) in [6.07, 6.45) is 4.25. The zero-order valence-electron chi connectivity index (χ0n) is 14.3. The first kappa shape index (κ1) is 17.6. The number of hydrogen-bond acceptors (Lipinski definition) is 6. The summed E-state index contributed by atoms with van der Waals surface area (Å²) in [6.45, 7) is 3.85. The Labute approximate surface area is 150 Å². The highest BCUT2D eigenvalue weighted by Crippen LogP contribution is 2.28. The lowest BCUT2D eigenvalue weighted by Gasteiger charge is -2.30. The number of amides is 2. The molecule has 0 radical (unpaired) electrons. The van der Waals surface area contributed by atoms with Crippen LogP contribution in [0, 0.1) is 5.92 Å². The van der Waals surface area contributed by atoms with Crippen molar-refractivity contribution in [3.63, 3.8) is 0 Å². The lowest BCUT2D eigenvalue weighted by atomic mass is 9.96. The molecule has 134 valence electrons. The van der Waals surface area contributed by atoms with E-state index in [-0.39, 0.29) is 17.7 Å². The number of fused-ring (bicyclic) bond motifs is 1. The van der Waals surface area contributed by atoms with E-state index in [1.165, 1.54) is 4.88 Å². The Bertz CT molecular complexity index is 767. The molecule has 25 heavy (non-hydrogen) atoms. The zero-order chi connectivity index (χ0) is 17.8. The molecule has 2 amide bonds. The van der Waals surface area contributed by atoms with Gasteiger partial charge >= 0.3 is 0 Å². The summed E-state index contributed by atoms with van der Waals surface area (Å²) >= 11 is 1.67. The first-order chi connectivity index (χ1) is 12.1. The molecule has 0 unspecified atom stereocenters. The molecule has 0 atom stereocenters. The quantitative estimate of drug-likeness (QED) is 0.817. The van der Waals surface area contributed by atoms with Crippen molar-refractivity contribution in [3.05, 3.63) is 17.3 Å². The molecule has 0 spiro atoms. The van der Waals surface area contributed by atoms with Crippen molar-refractivity contribution in [3.8, 4) is 0 Å². The van der Waals surface area contributed by atoms with Gasteiger partial charge in [-0.3, -0.25) is 9.59 Å². The fraction of sp³-hybridized carbons (Fsp3) is 0.529. The lowest BCUT2D eigenvalue weighted by molar-refractivity contribution is -0.134. The summed E-state index contributed by atoms with van der Waals surface area (Å²) in [6, 6.07) is 2.11. The van der Waals surface area contributed by atoms with Gasteiger partial charge in [-0.15, -0.1) is 11.3 Å². The highest BCUT2D eigenvalue weighted by Gasteiger charge is 2.25. The Morgan fingerprint density at radius 1 is 1.36 bits per heavy atom. The third-order valence-electron chi connectivity index (χ3n) is 4.61. The van der Waals surface area contributed by atoms with Crippen molar-refractivity contribution in [1.82, 2.24) is 14.9 Å². The molecule has 0 saturated carbocycles. The molecular formula is C17H23N5O2S. The molecule has 3 N–H and O–H groups in total. The molecule has 7 nitrogen and oxygen atoms in total. The van der Waals surface area contributed by atoms with E-state index < -0.39 is 0 Å². The van der Waals surface area contributed by atoms with Crippen LogP contribution in [0.2, 0.25) is 0 Å². The van der Waals surface area contributed by atoms with Gasteiger partial charge in [0.15, 0.2) is 0 Å². The normalized spacial score (nSPS) is 15.5. The van der Waals surface area contributed by atoms with Crippen LogP contribution in [-0.2, 0) is 16.0 Å². The van der Waals surface area contributed by atoms with Crippen molar-refractivity contribution in [1.29, 1.82) is 0 Å². The summed E-state index contributed by atoms with van der Waals surface area (Å²) in [5.41, 5.74) is 5.33. The van der Waals surface area contributed by atoms with E-state index in [0.717, 1.165) is 22.5 Å². The number of likely N-dealkylation sites (tertiary alicyclic amines) is 1. The third kappa shape index (κ3) is 4.07. The molecule has 0 bridgehead atoms. The van der Waals surface area contributed by atoms with Crippen LogP contribution in [0.1, 0.15) is 31.1 Å². The van der Waals surface area contributed by atoms with E-state index in [1.807, 2.05) is 4.90 Å². The average molecular weight is 361 g/mol. The minimum atomic E-state index is -0.260. The summed E-state index contributed by atoms with van der Waals surface area (Å²) < 4.78 is 0. The first-order valence-electron chi connectivity index (χ1n) is 8.63. The highest BCUT2D eigenvalue weighted by molar-refractivity contribution is 7.18. The van der Waals surface area contributed by atoms with Crippen molar-refractivity contribution >= 4 is 39.2 Å². The van der Waals surface area contributed by atoms with E-state index in [4.69, 9.17) is 5.73 Å². The molecular weight excluding hydrogens is 338 g/mol. The molecule has 1 aliphatic heterocycles. The van der Waals surface area contributed by atoms with Crippen LogP contribution in [0.3, 0.4) is 0 Å². The van der Waals surface area contributed by atoms with E-state index in [2.05, 4.69) is 28.3 Å². The number of aryl methyl sites for hydroxylation is 1. The minimum Gasteiger partial charge on any atom is -0.369 e. The zero-order valence-corrected chi connectivity index (χ0v) is 15.1. The van der Waals surface area contributed by atoms with Gasteiger partial charge in [0.25, 0.3) is 0 Å².